The van der Waals surface area contributed by atoms with Crippen LogP contribution in [0.4, 0.5) is 15.6 Å². The fraction of sp³-hybridized carbons (Fsp3) is 0.150. The van der Waals surface area contributed by atoms with Gasteiger partial charge in [0.15, 0.2) is 5.13 Å². The molecule has 0 spiro atoms. The molecule has 0 saturated heterocycles. The van der Waals surface area contributed by atoms with Crippen LogP contribution in [-0.2, 0) is 16.4 Å². The van der Waals surface area contributed by atoms with Crippen LogP contribution >= 0.6 is 11.3 Å². The normalized spacial score (nSPS) is 11.0. The van der Waals surface area contributed by atoms with Crippen molar-refractivity contribution in [3.05, 3.63) is 70.7 Å². The standard InChI is InChI=1S/C20H21N5O4S2/c1-13-2-6-15(7-3-13)23-19(27)25-20-24-17(12-30-20)18(26)22-11-10-14-4-8-16(9-5-14)31(21,28)29/h2-9,12H,10-11H2,1H3,(H,22,26)(H2,21,28,29)(H2,23,24,25,27). The number of nitrogens with one attached hydrogen (secondary N) is 3. The van der Waals surface area contributed by atoms with Gasteiger partial charge in [-0.3, -0.25) is 10.1 Å². The molecule has 0 aliphatic heterocycles. The van der Waals surface area contributed by atoms with E-state index in [4.69, 9.17) is 5.14 Å². The van der Waals surface area contributed by atoms with Crippen molar-refractivity contribution in [3.8, 4) is 0 Å². The van der Waals surface area contributed by atoms with Gasteiger partial charge in [-0.15, -0.1) is 11.3 Å². The van der Waals surface area contributed by atoms with Crippen molar-refractivity contribution in [1.82, 2.24) is 10.3 Å². The highest BCUT2D eigenvalue weighted by Gasteiger charge is 2.12. The average molecular weight is 460 g/mol. The summed E-state index contributed by atoms with van der Waals surface area (Å²) >= 11 is 1.14. The lowest BCUT2D eigenvalue weighted by Crippen LogP contribution is -2.26. The number of amides is 3. The second-order valence-corrected chi connectivity index (χ2v) is 9.10. The van der Waals surface area contributed by atoms with E-state index in [1.165, 1.54) is 12.1 Å². The Labute approximate surface area is 183 Å². The summed E-state index contributed by atoms with van der Waals surface area (Å²) in [5.74, 6) is -0.371. The fourth-order valence-corrected chi connectivity index (χ4v) is 3.79. The topological polar surface area (TPSA) is 143 Å². The molecule has 1 heterocycles. The number of anilines is 2. The number of nitrogens with zero attached hydrogens (tertiary/aromatic N) is 1. The Morgan fingerprint density at radius 3 is 2.35 bits per heavy atom. The predicted octanol–water partition coefficient (Wildman–Crippen LogP) is 2.72. The quantitative estimate of drug-likeness (QED) is 0.429. The van der Waals surface area contributed by atoms with Gasteiger partial charge in [-0.25, -0.2) is 23.3 Å². The lowest BCUT2D eigenvalue weighted by molar-refractivity contribution is 0.0950. The number of urea groups is 1. The zero-order valence-electron chi connectivity index (χ0n) is 16.6. The van der Waals surface area contributed by atoms with Crippen molar-refractivity contribution in [1.29, 1.82) is 0 Å². The number of thiazole rings is 1. The van der Waals surface area contributed by atoms with Gasteiger partial charge in [-0.05, 0) is 43.2 Å². The predicted molar refractivity (Wildman–Crippen MR) is 120 cm³/mol. The first-order chi connectivity index (χ1) is 14.7. The van der Waals surface area contributed by atoms with E-state index in [1.807, 2.05) is 19.1 Å². The summed E-state index contributed by atoms with van der Waals surface area (Å²) in [6, 6.07) is 13.0. The van der Waals surface area contributed by atoms with E-state index in [0.29, 0.717) is 23.8 Å². The van der Waals surface area contributed by atoms with E-state index in [0.717, 1.165) is 22.5 Å². The first-order valence-corrected chi connectivity index (χ1v) is 11.6. The van der Waals surface area contributed by atoms with E-state index in [1.54, 1.807) is 29.6 Å². The minimum atomic E-state index is -3.73. The Morgan fingerprint density at radius 1 is 1.03 bits per heavy atom. The summed E-state index contributed by atoms with van der Waals surface area (Å²) in [5.41, 5.74) is 2.78. The summed E-state index contributed by atoms with van der Waals surface area (Å²) in [7, 11) is -3.73. The Bertz CT molecular complexity index is 1170. The molecule has 5 N–H and O–H groups in total. The van der Waals surface area contributed by atoms with Crippen LogP contribution in [0.1, 0.15) is 21.6 Å². The maximum Gasteiger partial charge on any atom is 0.325 e. The number of carbonyl (C=O) groups is 2. The molecule has 0 aliphatic carbocycles. The maximum atomic E-state index is 12.3. The first-order valence-electron chi connectivity index (χ1n) is 9.21. The molecule has 162 valence electrons. The van der Waals surface area contributed by atoms with Crippen LogP contribution in [0.5, 0.6) is 0 Å². The minimum Gasteiger partial charge on any atom is -0.350 e. The summed E-state index contributed by atoms with van der Waals surface area (Å²) in [4.78, 5) is 28.5. The number of nitrogens with two attached hydrogens (primary N) is 1. The molecule has 3 rings (SSSR count). The number of primary sulfonamides is 1. The molecule has 0 radical (unpaired) electrons. The molecule has 1 aromatic heterocycles. The molecule has 0 fully saturated rings. The van der Waals surface area contributed by atoms with Crippen LogP contribution in [0.2, 0.25) is 0 Å². The molecule has 0 bridgehead atoms. The fourth-order valence-electron chi connectivity index (χ4n) is 2.59. The number of carbonyl (C=O) groups excluding carboxylic acids is 2. The van der Waals surface area contributed by atoms with Crippen molar-refractivity contribution < 1.29 is 18.0 Å². The van der Waals surface area contributed by atoms with Gasteiger partial charge in [0.1, 0.15) is 5.69 Å². The molecule has 0 atom stereocenters. The number of benzene rings is 2. The van der Waals surface area contributed by atoms with Gasteiger partial charge < -0.3 is 10.6 Å². The first kappa shape index (κ1) is 22.4. The van der Waals surface area contributed by atoms with Gasteiger partial charge in [-0.1, -0.05) is 29.8 Å². The molecule has 31 heavy (non-hydrogen) atoms. The third-order valence-corrected chi connectivity index (χ3v) is 5.90. The van der Waals surface area contributed by atoms with Gasteiger partial charge in [0.05, 0.1) is 4.90 Å². The minimum absolute atomic E-state index is 0.0363. The number of rotatable bonds is 7. The van der Waals surface area contributed by atoms with Crippen molar-refractivity contribution in [2.24, 2.45) is 5.14 Å². The van der Waals surface area contributed by atoms with Crippen molar-refractivity contribution >= 4 is 44.1 Å². The highest BCUT2D eigenvalue weighted by Crippen LogP contribution is 2.16. The van der Waals surface area contributed by atoms with Crippen LogP contribution in [0.3, 0.4) is 0 Å². The van der Waals surface area contributed by atoms with Crippen molar-refractivity contribution in [2.45, 2.75) is 18.2 Å². The van der Waals surface area contributed by atoms with Crippen LogP contribution in [0.25, 0.3) is 0 Å². The summed E-state index contributed by atoms with van der Waals surface area (Å²) < 4.78 is 22.5. The Kier molecular flexibility index (Phi) is 7.00. The molecule has 0 saturated carbocycles. The average Bonchev–Trinajstić information content (AvgIpc) is 3.18. The Morgan fingerprint density at radius 2 is 1.71 bits per heavy atom. The second kappa shape index (κ2) is 9.69. The summed E-state index contributed by atoms with van der Waals surface area (Å²) in [6.07, 6.45) is 0.505. The molecule has 0 unspecified atom stereocenters. The Hall–Kier alpha value is -3.28. The third-order valence-electron chi connectivity index (χ3n) is 4.22. The van der Waals surface area contributed by atoms with E-state index < -0.39 is 16.1 Å². The zero-order chi connectivity index (χ0) is 22.4. The van der Waals surface area contributed by atoms with Crippen LogP contribution < -0.4 is 21.1 Å². The number of aryl methyl sites for hydroxylation is 1. The monoisotopic (exact) mass is 459 g/mol. The number of sulfonamides is 1. The van der Waals surface area contributed by atoms with Crippen molar-refractivity contribution in [2.75, 3.05) is 17.2 Å². The lowest BCUT2D eigenvalue weighted by Gasteiger charge is -2.06. The number of aromatic nitrogens is 1. The third kappa shape index (κ3) is 6.60. The summed E-state index contributed by atoms with van der Waals surface area (Å²) in [5, 5.41) is 14.9. The number of hydrogen-bond acceptors (Lipinski definition) is 6. The molecule has 3 amide bonds. The van der Waals surface area contributed by atoms with E-state index in [9.17, 15) is 18.0 Å². The molecule has 9 nitrogen and oxygen atoms in total. The molecule has 11 heteroatoms. The zero-order valence-corrected chi connectivity index (χ0v) is 18.2. The highest BCUT2D eigenvalue weighted by molar-refractivity contribution is 7.89. The van der Waals surface area contributed by atoms with E-state index >= 15 is 0 Å². The van der Waals surface area contributed by atoms with Crippen LogP contribution in [0.15, 0.2) is 58.8 Å². The largest absolute Gasteiger partial charge is 0.350 e. The van der Waals surface area contributed by atoms with E-state index in [2.05, 4.69) is 20.9 Å². The Balaban J connectivity index is 1.47. The van der Waals surface area contributed by atoms with Crippen LogP contribution in [-0.4, -0.2) is 31.9 Å². The maximum absolute atomic E-state index is 12.3. The molecule has 2 aromatic carbocycles. The number of hydrogen-bond donors (Lipinski definition) is 4. The highest BCUT2D eigenvalue weighted by atomic mass is 32.2. The second-order valence-electron chi connectivity index (χ2n) is 6.68. The van der Waals surface area contributed by atoms with Crippen molar-refractivity contribution in [3.63, 3.8) is 0 Å². The van der Waals surface area contributed by atoms with Gasteiger partial charge in [0.2, 0.25) is 10.0 Å². The molecule has 0 aliphatic rings. The summed E-state index contributed by atoms with van der Waals surface area (Å²) in [6.45, 7) is 2.29. The lowest BCUT2D eigenvalue weighted by atomic mass is 10.1. The molecular weight excluding hydrogens is 438 g/mol. The van der Waals surface area contributed by atoms with Gasteiger partial charge in [-0.2, -0.15) is 0 Å². The van der Waals surface area contributed by atoms with E-state index in [-0.39, 0.29) is 16.5 Å². The molecule has 3 aromatic rings. The smallest absolute Gasteiger partial charge is 0.325 e. The van der Waals surface area contributed by atoms with Crippen LogP contribution in [0, 0.1) is 6.92 Å². The SMILES string of the molecule is Cc1ccc(NC(=O)Nc2nc(C(=O)NCCc3ccc(S(N)(=O)=O)cc3)cs2)cc1. The molecular formula is C20H21N5O4S2. The van der Waals surface area contributed by atoms with Gasteiger partial charge in [0, 0.05) is 17.6 Å². The van der Waals surface area contributed by atoms with Gasteiger partial charge in [0.25, 0.3) is 5.91 Å². The van der Waals surface area contributed by atoms with Gasteiger partial charge >= 0.3 is 6.03 Å².